The van der Waals surface area contributed by atoms with E-state index in [1.54, 1.807) is 0 Å². The zero-order valence-electron chi connectivity index (χ0n) is 15.2. The van der Waals surface area contributed by atoms with Crippen LogP contribution in [0.25, 0.3) is 22.9 Å². The molecule has 1 heterocycles. The molecule has 0 amide bonds. The van der Waals surface area contributed by atoms with E-state index in [4.69, 9.17) is 0 Å². The summed E-state index contributed by atoms with van der Waals surface area (Å²) in [6.45, 7) is 7.38. The molecule has 1 unspecified atom stereocenters. The Balaban J connectivity index is 2.10. The van der Waals surface area contributed by atoms with Crippen molar-refractivity contribution in [1.82, 2.24) is 0 Å². The maximum atomic E-state index is 11.2. The number of hydrogen-bond acceptors (Lipinski definition) is 2. The topological polar surface area (TPSA) is 40.5 Å². The summed E-state index contributed by atoms with van der Waals surface area (Å²) in [5.74, 6) is -0.733. The Hall–Kier alpha value is -2.29. The number of nitrogens with zero attached hydrogens (tertiary/aromatic N) is 1. The average Bonchev–Trinajstić information content (AvgIpc) is 2.80. The molecular weight excluding hydrogens is 310 g/mol. The van der Waals surface area contributed by atoms with E-state index in [2.05, 4.69) is 62.1 Å². The molecule has 0 aromatic heterocycles. The van der Waals surface area contributed by atoms with Crippen LogP contribution in [-0.2, 0) is 10.2 Å². The molecule has 130 valence electrons. The summed E-state index contributed by atoms with van der Waals surface area (Å²) in [7, 11) is 0. The number of aliphatic carboxylic acids is 1. The highest BCUT2D eigenvalue weighted by molar-refractivity contribution is 5.95. The van der Waals surface area contributed by atoms with Crippen LogP contribution in [0, 0.1) is 0 Å². The molecule has 1 aliphatic carbocycles. The first-order chi connectivity index (χ1) is 11.9. The van der Waals surface area contributed by atoms with Gasteiger partial charge in [0.25, 0.3) is 0 Å². The molecule has 0 spiro atoms. The summed E-state index contributed by atoms with van der Waals surface area (Å²) in [6, 6.07) is 8.96. The summed E-state index contributed by atoms with van der Waals surface area (Å²) in [5.41, 5.74) is 2.63. The van der Waals surface area contributed by atoms with Gasteiger partial charge in [-0.3, -0.25) is 4.79 Å². The normalized spacial score (nSPS) is 20.6. The van der Waals surface area contributed by atoms with Crippen molar-refractivity contribution in [2.45, 2.75) is 51.5 Å². The molecule has 3 nitrogen and oxygen atoms in total. The highest BCUT2D eigenvalue weighted by Gasteiger charge is 2.43. The lowest BCUT2D eigenvalue weighted by Crippen LogP contribution is -2.42. The molecule has 2 aliphatic rings. The van der Waals surface area contributed by atoms with Crippen molar-refractivity contribution in [2.75, 3.05) is 11.4 Å². The summed E-state index contributed by atoms with van der Waals surface area (Å²) in [6.07, 6.45) is 7.00. The van der Waals surface area contributed by atoms with Crippen molar-refractivity contribution >= 4 is 34.6 Å². The Labute approximate surface area is 148 Å². The van der Waals surface area contributed by atoms with Gasteiger partial charge >= 0.3 is 5.97 Å². The maximum absolute atomic E-state index is 11.2. The van der Waals surface area contributed by atoms with Crippen LogP contribution in [0.15, 0.2) is 24.3 Å². The highest BCUT2D eigenvalue weighted by Crippen LogP contribution is 2.46. The lowest BCUT2D eigenvalue weighted by atomic mass is 9.78. The van der Waals surface area contributed by atoms with Gasteiger partial charge in [0.15, 0.2) is 0 Å². The standard InChI is InChI=1S/C22H25NO2/c1-14-22(2,3)20-17-10-6-4-8-15(17)16-9-5-7-11-18(16)21(20)23(14)13-12-19(24)25/h4,6,8-11,14H,5,7,12-13H2,1-3H3,(H,24,25). The van der Waals surface area contributed by atoms with Gasteiger partial charge in [0.1, 0.15) is 0 Å². The Bertz CT molecular complexity index is 987. The maximum Gasteiger partial charge on any atom is 0.305 e. The molecule has 0 saturated heterocycles. The zero-order chi connectivity index (χ0) is 17.8. The second-order valence-electron chi connectivity index (χ2n) is 7.82. The predicted molar refractivity (Wildman–Crippen MR) is 103 cm³/mol. The molecule has 0 fully saturated rings. The van der Waals surface area contributed by atoms with Crippen LogP contribution in [0.1, 0.15) is 45.6 Å². The molecule has 2 aromatic rings. The number of anilines is 1. The fraction of sp³-hybridized carbons (Fsp3) is 0.409. The SMILES string of the molecule is CC1N(CCC(=O)O)c2c(c3ccccc3c3c2=CCCC=3)C1(C)C. The number of carboxylic acids is 1. The van der Waals surface area contributed by atoms with Gasteiger partial charge in [-0.2, -0.15) is 0 Å². The first-order valence-corrected chi connectivity index (χ1v) is 9.17. The van der Waals surface area contributed by atoms with E-state index in [9.17, 15) is 9.90 Å². The van der Waals surface area contributed by atoms with Crippen molar-refractivity contribution in [2.24, 2.45) is 0 Å². The highest BCUT2D eigenvalue weighted by atomic mass is 16.4. The third-order valence-corrected chi connectivity index (χ3v) is 6.14. The van der Waals surface area contributed by atoms with Gasteiger partial charge in [-0.25, -0.2) is 0 Å². The first-order valence-electron chi connectivity index (χ1n) is 9.17. The lowest BCUT2D eigenvalue weighted by molar-refractivity contribution is -0.136. The van der Waals surface area contributed by atoms with Crippen LogP contribution in [0.5, 0.6) is 0 Å². The Morgan fingerprint density at radius 3 is 2.48 bits per heavy atom. The lowest BCUT2D eigenvalue weighted by Gasteiger charge is -2.31. The van der Waals surface area contributed by atoms with Gasteiger partial charge in [-0.1, -0.05) is 50.3 Å². The molecular formula is C22H25NO2. The molecule has 4 rings (SSSR count). The smallest absolute Gasteiger partial charge is 0.305 e. The van der Waals surface area contributed by atoms with Crippen LogP contribution in [0.3, 0.4) is 0 Å². The van der Waals surface area contributed by atoms with E-state index in [0.29, 0.717) is 6.54 Å². The van der Waals surface area contributed by atoms with Crippen molar-refractivity contribution < 1.29 is 9.90 Å². The molecule has 1 aliphatic heterocycles. The van der Waals surface area contributed by atoms with Crippen molar-refractivity contribution in [3.63, 3.8) is 0 Å². The van der Waals surface area contributed by atoms with Crippen molar-refractivity contribution in [3.05, 3.63) is 40.3 Å². The predicted octanol–water partition coefficient (Wildman–Crippen LogP) is 3.16. The van der Waals surface area contributed by atoms with E-state index in [-0.39, 0.29) is 17.9 Å². The molecule has 0 saturated carbocycles. The number of benzene rings is 2. The van der Waals surface area contributed by atoms with Gasteiger partial charge in [-0.05, 0) is 41.3 Å². The second-order valence-corrected chi connectivity index (χ2v) is 7.82. The van der Waals surface area contributed by atoms with Crippen molar-refractivity contribution in [1.29, 1.82) is 0 Å². The minimum absolute atomic E-state index is 0.0201. The summed E-state index contributed by atoms with van der Waals surface area (Å²) >= 11 is 0. The number of fused-ring (bicyclic) bond motifs is 6. The molecule has 1 atom stereocenters. The largest absolute Gasteiger partial charge is 0.481 e. The number of carboxylic acid groups (broad SMARTS) is 1. The minimum atomic E-state index is -0.733. The quantitative estimate of drug-likeness (QED) is 0.937. The van der Waals surface area contributed by atoms with Crippen LogP contribution in [-0.4, -0.2) is 23.7 Å². The number of rotatable bonds is 3. The first kappa shape index (κ1) is 16.2. The van der Waals surface area contributed by atoms with Crippen LogP contribution >= 0.6 is 0 Å². The molecule has 25 heavy (non-hydrogen) atoms. The van der Waals surface area contributed by atoms with Gasteiger partial charge in [0.2, 0.25) is 0 Å². The van der Waals surface area contributed by atoms with E-state index in [0.717, 1.165) is 12.8 Å². The summed E-state index contributed by atoms with van der Waals surface area (Å²) in [5, 5.41) is 14.5. The Morgan fingerprint density at radius 1 is 1.16 bits per heavy atom. The summed E-state index contributed by atoms with van der Waals surface area (Å²) < 4.78 is 0. The average molecular weight is 335 g/mol. The molecule has 1 N–H and O–H groups in total. The van der Waals surface area contributed by atoms with Crippen LogP contribution in [0.4, 0.5) is 5.69 Å². The van der Waals surface area contributed by atoms with Crippen molar-refractivity contribution in [3.8, 4) is 0 Å². The van der Waals surface area contributed by atoms with E-state index < -0.39 is 5.97 Å². The minimum Gasteiger partial charge on any atom is -0.481 e. The molecule has 0 radical (unpaired) electrons. The van der Waals surface area contributed by atoms with Gasteiger partial charge in [0, 0.05) is 28.9 Å². The number of carbonyl (C=O) groups is 1. The fourth-order valence-electron chi connectivity index (χ4n) is 4.62. The van der Waals surface area contributed by atoms with E-state index in [1.165, 1.54) is 32.5 Å². The Morgan fingerprint density at radius 2 is 1.80 bits per heavy atom. The third-order valence-electron chi connectivity index (χ3n) is 6.14. The second kappa shape index (κ2) is 5.62. The molecule has 3 heteroatoms. The number of hydrogen-bond donors (Lipinski definition) is 1. The monoisotopic (exact) mass is 335 g/mol. The summed E-state index contributed by atoms with van der Waals surface area (Å²) in [4.78, 5) is 13.5. The third kappa shape index (κ3) is 2.29. The van der Waals surface area contributed by atoms with Crippen LogP contribution in [0.2, 0.25) is 0 Å². The van der Waals surface area contributed by atoms with Gasteiger partial charge < -0.3 is 10.0 Å². The zero-order valence-corrected chi connectivity index (χ0v) is 15.2. The Kier molecular flexibility index (Phi) is 3.64. The fourth-order valence-corrected chi connectivity index (χ4v) is 4.62. The van der Waals surface area contributed by atoms with Crippen LogP contribution < -0.4 is 15.3 Å². The van der Waals surface area contributed by atoms with E-state index in [1.807, 2.05) is 0 Å². The molecule has 0 bridgehead atoms. The molecule has 2 aromatic carbocycles. The van der Waals surface area contributed by atoms with E-state index >= 15 is 0 Å². The van der Waals surface area contributed by atoms with Gasteiger partial charge in [-0.15, -0.1) is 0 Å². The van der Waals surface area contributed by atoms with Gasteiger partial charge in [0.05, 0.1) is 6.42 Å².